The van der Waals surface area contributed by atoms with Crippen LogP contribution in [-0.2, 0) is 0 Å². The summed E-state index contributed by atoms with van der Waals surface area (Å²) in [5.74, 6) is 3.21. The van der Waals surface area contributed by atoms with Crippen LogP contribution in [0.25, 0.3) is 0 Å². The van der Waals surface area contributed by atoms with Crippen LogP contribution in [0.2, 0.25) is 0 Å². The molecule has 2 heteroatoms. The number of terminal acetylenes is 1. The van der Waals surface area contributed by atoms with Crippen molar-refractivity contribution in [3.63, 3.8) is 0 Å². The van der Waals surface area contributed by atoms with Crippen LogP contribution in [0.5, 0.6) is 5.75 Å². The molecule has 0 spiro atoms. The molecular formula is C12H11NO. The fourth-order valence-electron chi connectivity index (χ4n) is 1.08. The average molecular weight is 185 g/mol. The number of ether oxygens (including phenoxy) is 1. The zero-order chi connectivity index (χ0) is 10.6. The summed E-state index contributed by atoms with van der Waals surface area (Å²) < 4.78 is 5.45. The SMILES string of the molecule is C#CC(C)Oc1ccc(C#N)cc1C. The average Bonchev–Trinajstić information content (AvgIpc) is 2.20. The first-order valence-electron chi connectivity index (χ1n) is 4.31. The monoisotopic (exact) mass is 185 g/mol. The molecule has 0 aromatic heterocycles. The summed E-state index contributed by atoms with van der Waals surface area (Å²) in [5, 5.41) is 8.66. The summed E-state index contributed by atoms with van der Waals surface area (Å²) in [6.45, 7) is 3.69. The van der Waals surface area contributed by atoms with E-state index in [0.717, 1.165) is 11.3 Å². The first-order valence-corrected chi connectivity index (χ1v) is 4.31. The van der Waals surface area contributed by atoms with E-state index in [9.17, 15) is 0 Å². The van der Waals surface area contributed by atoms with Crippen molar-refractivity contribution in [2.75, 3.05) is 0 Å². The zero-order valence-electron chi connectivity index (χ0n) is 8.24. The summed E-state index contributed by atoms with van der Waals surface area (Å²) >= 11 is 0. The zero-order valence-corrected chi connectivity index (χ0v) is 8.24. The second kappa shape index (κ2) is 4.35. The highest BCUT2D eigenvalue weighted by Gasteiger charge is 2.03. The lowest BCUT2D eigenvalue weighted by atomic mass is 10.1. The Hall–Kier alpha value is -1.93. The van der Waals surface area contributed by atoms with E-state index in [1.807, 2.05) is 6.92 Å². The highest BCUT2D eigenvalue weighted by atomic mass is 16.5. The molecule has 1 aromatic carbocycles. The Balaban J connectivity index is 2.92. The van der Waals surface area contributed by atoms with Crippen LogP contribution in [0, 0.1) is 30.6 Å². The Labute approximate surface area is 84.1 Å². The molecule has 1 atom stereocenters. The van der Waals surface area contributed by atoms with Crippen LogP contribution in [-0.4, -0.2) is 6.10 Å². The van der Waals surface area contributed by atoms with Gasteiger partial charge in [0.1, 0.15) is 5.75 Å². The molecule has 0 heterocycles. The molecule has 70 valence electrons. The molecule has 0 fully saturated rings. The minimum absolute atomic E-state index is 0.248. The summed E-state index contributed by atoms with van der Waals surface area (Å²) in [6, 6.07) is 7.32. The smallest absolute Gasteiger partial charge is 0.156 e. The van der Waals surface area contributed by atoms with Crippen molar-refractivity contribution in [2.24, 2.45) is 0 Å². The molecule has 1 unspecified atom stereocenters. The molecule has 0 aliphatic rings. The second-order valence-electron chi connectivity index (χ2n) is 3.02. The maximum absolute atomic E-state index is 8.66. The molecule has 0 radical (unpaired) electrons. The quantitative estimate of drug-likeness (QED) is 0.662. The number of hydrogen-bond acceptors (Lipinski definition) is 2. The van der Waals surface area contributed by atoms with Crippen molar-refractivity contribution in [3.05, 3.63) is 29.3 Å². The van der Waals surface area contributed by atoms with Gasteiger partial charge in [0.05, 0.1) is 11.6 Å². The number of rotatable bonds is 2. The van der Waals surface area contributed by atoms with Gasteiger partial charge in [-0.15, -0.1) is 6.42 Å². The van der Waals surface area contributed by atoms with Crippen molar-refractivity contribution in [3.8, 4) is 24.2 Å². The fourth-order valence-corrected chi connectivity index (χ4v) is 1.08. The third-order valence-electron chi connectivity index (χ3n) is 1.84. The van der Waals surface area contributed by atoms with Crippen LogP contribution in [0.3, 0.4) is 0 Å². The van der Waals surface area contributed by atoms with Gasteiger partial charge in [-0.1, -0.05) is 5.92 Å². The molecule has 0 amide bonds. The lowest BCUT2D eigenvalue weighted by Gasteiger charge is -2.11. The van der Waals surface area contributed by atoms with Crippen LogP contribution >= 0.6 is 0 Å². The summed E-state index contributed by atoms with van der Waals surface area (Å²) in [4.78, 5) is 0. The van der Waals surface area contributed by atoms with Crippen LogP contribution < -0.4 is 4.74 Å². The van der Waals surface area contributed by atoms with Gasteiger partial charge in [-0.2, -0.15) is 5.26 Å². The van der Waals surface area contributed by atoms with E-state index in [-0.39, 0.29) is 6.10 Å². The van der Waals surface area contributed by atoms with Gasteiger partial charge in [0.2, 0.25) is 0 Å². The first-order chi connectivity index (χ1) is 6.67. The maximum Gasteiger partial charge on any atom is 0.156 e. The summed E-state index contributed by atoms with van der Waals surface area (Å²) in [7, 11) is 0. The van der Waals surface area contributed by atoms with Gasteiger partial charge >= 0.3 is 0 Å². The second-order valence-corrected chi connectivity index (χ2v) is 3.02. The number of aryl methyl sites for hydroxylation is 1. The lowest BCUT2D eigenvalue weighted by Crippen LogP contribution is -2.08. The van der Waals surface area contributed by atoms with E-state index in [2.05, 4.69) is 12.0 Å². The molecule has 0 bridgehead atoms. The highest BCUT2D eigenvalue weighted by molar-refractivity contribution is 5.41. The molecule has 0 aliphatic heterocycles. The highest BCUT2D eigenvalue weighted by Crippen LogP contribution is 2.19. The minimum Gasteiger partial charge on any atom is -0.478 e. The predicted octanol–water partition coefficient (Wildman–Crippen LogP) is 2.27. The minimum atomic E-state index is -0.248. The number of benzene rings is 1. The Morgan fingerprint density at radius 1 is 1.50 bits per heavy atom. The Morgan fingerprint density at radius 3 is 2.71 bits per heavy atom. The number of nitriles is 1. The van der Waals surface area contributed by atoms with E-state index < -0.39 is 0 Å². The molecule has 1 rings (SSSR count). The lowest BCUT2D eigenvalue weighted by molar-refractivity contribution is 0.277. The molecule has 14 heavy (non-hydrogen) atoms. The standard InChI is InChI=1S/C12H11NO/c1-4-10(3)14-12-6-5-11(8-13)7-9(12)2/h1,5-7,10H,2-3H3. The molecule has 0 N–H and O–H groups in total. The topological polar surface area (TPSA) is 33.0 Å². The normalized spacial score (nSPS) is 11.1. The van der Waals surface area contributed by atoms with E-state index in [1.54, 1.807) is 25.1 Å². The third kappa shape index (κ3) is 2.28. The van der Waals surface area contributed by atoms with Gasteiger partial charge in [0.15, 0.2) is 6.10 Å². The summed E-state index contributed by atoms with van der Waals surface area (Å²) in [5.41, 5.74) is 1.55. The van der Waals surface area contributed by atoms with Crippen molar-refractivity contribution < 1.29 is 4.74 Å². The largest absolute Gasteiger partial charge is 0.478 e. The third-order valence-corrected chi connectivity index (χ3v) is 1.84. The Kier molecular flexibility index (Phi) is 3.15. The Bertz CT molecular complexity index is 409. The van der Waals surface area contributed by atoms with E-state index in [4.69, 9.17) is 16.4 Å². The fraction of sp³-hybridized carbons (Fsp3) is 0.250. The van der Waals surface area contributed by atoms with Gasteiger partial charge in [0, 0.05) is 0 Å². The number of hydrogen-bond donors (Lipinski definition) is 0. The molecular weight excluding hydrogens is 174 g/mol. The maximum atomic E-state index is 8.66. The van der Waals surface area contributed by atoms with E-state index in [0.29, 0.717) is 5.56 Å². The van der Waals surface area contributed by atoms with Gasteiger partial charge in [0.25, 0.3) is 0 Å². The van der Waals surface area contributed by atoms with Crippen LogP contribution in [0.1, 0.15) is 18.1 Å². The van der Waals surface area contributed by atoms with Crippen LogP contribution in [0.4, 0.5) is 0 Å². The van der Waals surface area contributed by atoms with Gasteiger partial charge in [-0.25, -0.2) is 0 Å². The molecule has 0 aliphatic carbocycles. The van der Waals surface area contributed by atoms with Gasteiger partial charge < -0.3 is 4.74 Å². The molecule has 0 saturated heterocycles. The van der Waals surface area contributed by atoms with Crippen LogP contribution in [0.15, 0.2) is 18.2 Å². The van der Waals surface area contributed by atoms with Gasteiger partial charge in [-0.05, 0) is 37.6 Å². The Morgan fingerprint density at radius 2 is 2.21 bits per heavy atom. The van der Waals surface area contributed by atoms with Crippen molar-refractivity contribution >= 4 is 0 Å². The molecule has 2 nitrogen and oxygen atoms in total. The van der Waals surface area contributed by atoms with E-state index in [1.165, 1.54) is 0 Å². The predicted molar refractivity (Wildman–Crippen MR) is 54.8 cm³/mol. The van der Waals surface area contributed by atoms with E-state index >= 15 is 0 Å². The number of nitrogens with zero attached hydrogens (tertiary/aromatic N) is 1. The molecule has 1 aromatic rings. The van der Waals surface area contributed by atoms with Crippen molar-refractivity contribution in [1.82, 2.24) is 0 Å². The van der Waals surface area contributed by atoms with Crippen molar-refractivity contribution in [1.29, 1.82) is 5.26 Å². The van der Waals surface area contributed by atoms with Gasteiger partial charge in [-0.3, -0.25) is 0 Å². The first kappa shape index (κ1) is 10.2. The summed E-state index contributed by atoms with van der Waals surface area (Å²) in [6.07, 6.45) is 4.95. The van der Waals surface area contributed by atoms with Crippen molar-refractivity contribution in [2.45, 2.75) is 20.0 Å². The molecule has 0 saturated carbocycles.